The first-order chi connectivity index (χ1) is 2.00. The Kier molecular flexibility index (Phi) is 0.776. The molecule has 0 saturated carbocycles. The molecule has 39 valence electrons. The Morgan fingerprint density at radius 1 is 0.800 bits per heavy atom. The molecule has 0 N–H and O–H groups in total. The molecule has 0 amide bonds. The van der Waals surface area contributed by atoms with Crippen LogP contribution in [0, 0.1) is 0 Å². The van der Waals surface area contributed by atoms with Crippen molar-refractivity contribution in [1.29, 1.82) is 0 Å². The Labute approximate surface area is 28.6 Å². The van der Waals surface area contributed by atoms with Crippen molar-refractivity contribution in [2.75, 3.05) is 0 Å². The predicted molar refractivity (Wildman–Crippen MR) is 2.75 cm³/mol. The first-order valence-electron chi connectivity index (χ1n) is 0.516. The summed E-state index contributed by atoms with van der Waals surface area (Å²) in [5.41, 5.74) is 0. The normalized spacial score (nSPS) is 14.4. The van der Waals surface area contributed by atoms with Crippen molar-refractivity contribution in [3.63, 3.8) is 0 Å². The average molecular weight is 123 g/mol. The maximum absolute atomic E-state index is 8.53. The van der Waals surface area contributed by atoms with E-state index in [2.05, 4.69) is 0 Å². The molecule has 0 aromatic heterocycles. The van der Waals surface area contributed by atoms with Crippen molar-refractivity contribution >= 4 is 0 Å². The van der Waals surface area contributed by atoms with E-state index >= 15 is 0 Å². The molecule has 0 atom stereocenters. The minimum atomic E-state index is -5.25. The fourth-order valence-corrected chi connectivity index (χ4v) is 0. The van der Waals surface area contributed by atoms with E-state index in [-0.39, 0.29) is 0 Å². The molecule has 4 nitrogen and oxygen atoms in total. The zero-order chi connectivity index (χ0) is 4.50. The van der Waals surface area contributed by atoms with E-state index in [1.165, 1.54) is 0 Å². The summed E-state index contributed by atoms with van der Waals surface area (Å²) in [5, 5.41) is 0. The van der Waals surface area contributed by atoms with E-state index in [9.17, 15) is 0 Å². The molecular weight excluding hydrogens is 123 g/mol. The standard InChI is InChI=1S/Ni.4O/q-5;;;;. The molecule has 0 unspecified atom stereocenters. The van der Waals surface area contributed by atoms with Gasteiger partial charge in [0.05, 0.1) is 0 Å². The van der Waals surface area contributed by atoms with E-state index in [4.69, 9.17) is 15.6 Å². The first kappa shape index (κ1) is 4.69. The second-order valence-electron chi connectivity index (χ2n) is 0.316. The third-order valence-corrected chi connectivity index (χ3v) is 0. The molecule has 0 fully saturated rings. The van der Waals surface area contributed by atoms with E-state index in [1.54, 1.807) is 0 Å². The van der Waals surface area contributed by atoms with Gasteiger partial charge in [-0.3, -0.25) is 0 Å². The minimum absolute atomic E-state index is 5.25. The van der Waals surface area contributed by atoms with Crippen molar-refractivity contribution in [3.05, 3.63) is 0 Å². The van der Waals surface area contributed by atoms with Crippen molar-refractivity contribution in [3.8, 4) is 0 Å². The van der Waals surface area contributed by atoms with Crippen LogP contribution in [0.5, 0.6) is 0 Å². The third kappa shape index (κ3) is 113. The number of rotatable bonds is 0. The first-order valence-corrected chi connectivity index (χ1v) is 2.13. The average Bonchev–Trinajstić information content (AvgIpc) is 0.722. The van der Waals surface area contributed by atoms with Crippen LogP contribution in [0.25, 0.3) is 0 Å². The quantitative estimate of drug-likeness (QED) is 0.407. The van der Waals surface area contributed by atoms with Gasteiger partial charge in [0.2, 0.25) is 0 Å². The van der Waals surface area contributed by atoms with Crippen molar-refractivity contribution in [1.82, 2.24) is 0 Å². The fourth-order valence-electron chi connectivity index (χ4n) is 0. The summed E-state index contributed by atoms with van der Waals surface area (Å²) in [7, 11) is 0. The molecule has 5 heteroatoms. The summed E-state index contributed by atoms with van der Waals surface area (Å²) in [6.45, 7) is 0. The second kappa shape index (κ2) is 0.827. The molecule has 0 radical (unpaired) electrons. The molecule has 0 heterocycles. The van der Waals surface area contributed by atoms with Gasteiger partial charge in [-0.1, -0.05) is 0 Å². The molecule has 5 heavy (non-hydrogen) atoms. The Hall–Kier alpha value is -0.306. The SMILES string of the molecule is [O]=[Ni-5](=[O])(=[O])=[O]. The van der Waals surface area contributed by atoms with Crippen LogP contribution in [0.1, 0.15) is 0 Å². The van der Waals surface area contributed by atoms with Crippen LogP contribution in [0.15, 0.2) is 0 Å². The Bertz CT molecular complexity index is 155. The monoisotopic (exact) mass is 122 g/mol. The van der Waals surface area contributed by atoms with Gasteiger partial charge in [0.15, 0.2) is 0 Å². The van der Waals surface area contributed by atoms with Gasteiger partial charge in [-0.05, 0) is 0 Å². The van der Waals surface area contributed by atoms with Crippen LogP contribution in [0.3, 0.4) is 0 Å². The van der Waals surface area contributed by atoms with Gasteiger partial charge in [0, 0.05) is 0 Å². The van der Waals surface area contributed by atoms with E-state index in [0.717, 1.165) is 0 Å². The molecular formula is NiO4-5. The molecule has 0 rings (SSSR count). The number of hydrogen-bond donors (Lipinski definition) is 0. The summed E-state index contributed by atoms with van der Waals surface area (Å²) in [5.74, 6) is 0. The molecule has 0 spiro atoms. The summed E-state index contributed by atoms with van der Waals surface area (Å²) >= 11 is -5.25. The summed E-state index contributed by atoms with van der Waals surface area (Å²) < 4.78 is 34.1. The van der Waals surface area contributed by atoms with Crippen LogP contribution in [-0.4, -0.2) is 0 Å². The zero-order valence-corrected chi connectivity index (χ0v) is 2.94. The van der Waals surface area contributed by atoms with E-state index < -0.39 is 12.1 Å². The summed E-state index contributed by atoms with van der Waals surface area (Å²) in [6.07, 6.45) is 0. The van der Waals surface area contributed by atoms with Crippen LogP contribution >= 0.6 is 0 Å². The van der Waals surface area contributed by atoms with Gasteiger partial charge in [-0.15, -0.1) is 0 Å². The molecule has 0 aliphatic heterocycles. The predicted octanol–water partition coefficient (Wildman–Crippen LogP) is -0.478. The van der Waals surface area contributed by atoms with Gasteiger partial charge >= 0.3 is 27.7 Å². The molecule has 0 aliphatic rings. The molecule has 0 aliphatic carbocycles. The van der Waals surface area contributed by atoms with Crippen molar-refractivity contribution in [2.24, 2.45) is 0 Å². The van der Waals surface area contributed by atoms with Gasteiger partial charge in [-0.2, -0.15) is 0 Å². The number of hydrogen-bond acceptors (Lipinski definition) is 4. The van der Waals surface area contributed by atoms with Gasteiger partial charge < -0.3 is 0 Å². The third-order valence-electron chi connectivity index (χ3n) is 0. The summed E-state index contributed by atoms with van der Waals surface area (Å²) in [4.78, 5) is 0. The Balaban J connectivity index is 6.05. The molecule has 0 bridgehead atoms. The van der Waals surface area contributed by atoms with E-state index in [0.29, 0.717) is 0 Å². The maximum atomic E-state index is 8.53. The van der Waals surface area contributed by atoms with Gasteiger partial charge in [0.1, 0.15) is 0 Å². The Morgan fingerprint density at radius 2 is 0.800 bits per heavy atom. The summed E-state index contributed by atoms with van der Waals surface area (Å²) in [6, 6.07) is 0. The topological polar surface area (TPSA) is 68.3 Å². The van der Waals surface area contributed by atoms with Gasteiger partial charge in [-0.25, -0.2) is 0 Å². The van der Waals surface area contributed by atoms with Crippen molar-refractivity contribution < 1.29 is 27.7 Å². The van der Waals surface area contributed by atoms with Crippen LogP contribution in [-0.2, 0) is 27.7 Å². The Morgan fingerprint density at radius 3 is 0.800 bits per heavy atom. The van der Waals surface area contributed by atoms with Crippen molar-refractivity contribution in [2.45, 2.75) is 0 Å². The molecule has 0 aromatic carbocycles. The zero-order valence-electron chi connectivity index (χ0n) is 1.95. The van der Waals surface area contributed by atoms with Crippen LogP contribution in [0.2, 0.25) is 0 Å². The van der Waals surface area contributed by atoms with E-state index in [1.807, 2.05) is 0 Å². The van der Waals surface area contributed by atoms with Crippen LogP contribution < -0.4 is 0 Å². The molecule has 0 aromatic rings. The fraction of sp³-hybridized carbons (Fsp3) is 0. The van der Waals surface area contributed by atoms with Crippen LogP contribution in [0.4, 0.5) is 0 Å². The second-order valence-corrected chi connectivity index (χ2v) is 1.30. The van der Waals surface area contributed by atoms with Gasteiger partial charge in [0.25, 0.3) is 0 Å². The molecule has 0 saturated heterocycles.